The first-order valence-corrected chi connectivity index (χ1v) is 5.15. The first-order valence-electron chi connectivity index (χ1n) is 5.15. The molecule has 0 atom stereocenters. The van der Waals surface area contributed by atoms with Crippen molar-refractivity contribution >= 4 is 5.69 Å². The second-order valence-corrected chi connectivity index (χ2v) is 3.17. The second kappa shape index (κ2) is 6.79. The number of rotatable bonds is 7. The normalized spacial score (nSPS) is 9.88. The van der Waals surface area contributed by atoms with Gasteiger partial charge < -0.3 is 14.6 Å². The molecule has 0 aromatic heterocycles. The number of nitrogens with zero attached hydrogens (tertiary/aromatic N) is 1. The van der Waals surface area contributed by atoms with Crippen LogP contribution in [0.25, 0.3) is 0 Å². The van der Waals surface area contributed by atoms with Crippen molar-refractivity contribution in [3.05, 3.63) is 23.1 Å². The molecule has 0 spiro atoms. The van der Waals surface area contributed by atoms with E-state index in [0.717, 1.165) is 6.42 Å². The van der Waals surface area contributed by atoms with E-state index in [0.29, 0.717) is 18.1 Å². The standard InChI is InChI=1S/C11H15NO4/c1-2-4-15-10-6-9(12-14)7-11(8-10)16-5-3-13/h6-8,13H,2-5H2,1H3. The van der Waals surface area contributed by atoms with E-state index < -0.39 is 0 Å². The van der Waals surface area contributed by atoms with Crippen LogP contribution in [0.4, 0.5) is 5.69 Å². The number of nitroso groups, excluding NO2 is 1. The van der Waals surface area contributed by atoms with Crippen molar-refractivity contribution in [1.29, 1.82) is 0 Å². The Labute approximate surface area is 94.0 Å². The molecule has 5 nitrogen and oxygen atoms in total. The highest BCUT2D eigenvalue weighted by molar-refractivity contribution is 5.49. The monoisotopic (exact) mass is 225 g/mol. The van der Waals surface area contributed by atoms with E-state index in [1.165, 1.54) is 6.07 Å². The van der Waals surface area contributed by atoms with Gasteiger partial charge in [-0.25, -0.2) is 0 Å². The van der Waals surface area contributed by atoms with Gasteiger partial charge in [0.05, 0.1) is 13.2 Å². The molecule has 0 aliphatic rings. The first kappa shape index (κ1) is 12.4. The fraction of sp³-hybridized carbons (Fsp3) is 0.455. The number of hydrogen-bond acceptors (Lipinski definition) is 5. The van der Waals surface area contributed by atoms with Gasteiger partial charge in [0.2, 0.25) is 0 Å². The van der Waals surface area contributed by atoms with Crippen LogP contribution in [0.3, 0.4) is 0 Å². The average Bonchev–Trinajstić information content (AvgIpc) is 2.33. The molecule has 0 unspecified atom stereocenters. The van der Waals surface area contributed by atoms with Crippen molar-refractivity contribution in [2.45, 2.75) is 13.3 Å². The molecule has 1 rings (SSSR count). The number of aliphatic hydroxyl groups is 1. The van der Waals surface area contributed by atoms with Crippen molar-refractivity contribution < 1.29 is 14.6 Å². The van der Waals surface area contributed by atoms with Gasteiger partial charge in [-0.3, -0.25) is 0 Å². The zero-order valence-corrected chi connectivity index (χ0v) is 9.18. The summed E-state index contributed by atoms with van der Waals surface area (Å²) in [6.07, 6.45) is 0.881. The van der Waals surface area contributed by atoms with E-state index >= 15 is 0 Å². The molecule has 0 amide bonds. The highest BCUT2D eigenvalue weighted by atomic mass is 16.5. The Bertz CT molecular complexity index is 315. The maximum absolute atomic E-state index is 10.4. The summed E-state index contributed by atoms with van der Waals surface area (Å²) in [6.45, 7) is 2.66. The molecule has 88 valence electrons. The molecule has 0 radical (unpaired) electrons. The van der Waals surface area contributed by atoms with Crippen LogP contribution in [0, 0.1) is 4.91 Å². The minimum absolute atomic E-state index is 0.0795. The molecule has 5 heteroatoms. The quantitative estimate of drug-likeness (QED) is 0.722. The summed E-state index contributed by atoms with van der Waals surface area (Å²) in [5.41, 5.74) is 0.251. The SMILES string of the molecule is CCCOc1cc(N=O)cc(OCCO)c1. The van der Waals surface area contributed by atoms with Gasteiger partial charge in [-0.1, -0.05) is 6.92 Å². The summed E-state index contributed by atoms with van der Waals surface area (Å²) in [4.78, 5) is 10.4. The summed E-state index contributed by atoms with van der Waals surface area (Å²) in [5.74, 6) is 1.02. The molecule has 0 aliphatic heterocycles. The number of aliphatic hydroxyl groups excluding tert-OH is 1. The Hall–Kier alpha value is -1.62. The molecular formula is C11H15NO4. The van der Waals surface area contributed by atoms with Gasteiger partial charge in [-0.2, -0.15) is 0 Å². The zero-order chi connectivity index (χ0) is 11.8. The van der Waals surface area contributed by atoms with E-state index in [2.05, 4.69) is 5.18 Å². The van der Waals surface area contributed by atoms with Crippen molar-refractivity contribution in [2.24, 2.45) is 5.18 Å². The smallest absolute Gasteiger partial charge is 0.125 e. The summed E-state index contributed by atoms with van der Waals surface area (Å²) >= 11 is 0. The van der Waals surface area contributed by atoms with Gasteiger partial charge in [-0.15, -0.1) is 4.91 Å². The Kier molecular flexibility index (Phi) is 5.28. The maximum Gasteiger partial charge on any atom is 0.125 e. The Balaban J connectivity index is 2.78. The van der Waals surface area contributed by atoms with Gasteiger partial charge in [0.25, 0.3) is 0 Å². The van der Waals surface area contributed by atoms with E-state index in [9.17, 15) is 4.91 Å². The molecule has 0 aliphatic carbocycles. The first-order chi connectivity index (χ1) is 7.80. The van der Waals surface area contributed by atoms with Crippen LogP contribution < -0.4 is 9.47 Å². The Morgan fingerprint density at radius 3 is 2.31 bits per heavy atom. The van der Waals surface area contributed by atoms with Crippen LogP contribution in [-0.4, -0.2) is 24.9 Å². The van der Waals surface area contributed by atoms with Gasteiger partial charge in [0.15, 0.2) is 0 Å². The van der Waals surface area contributed by atoms with Gasteiger partial charge in [0, 0.05) is 18.2 Å². The summed E-state index contributed by atoms with van der Waals surface area (Å²) < 4.78 is 10.6. The molecule has 0 saturated carbocycles. The predicted octanol–water partition coefficient (Wildman–Crippen LogP) is 2.24. The van der Waals surface area contributed by atoms with E-state index in [1.54, 1.807) is 12.1 Å². The lowest BCUT2D eigenvalue weighted by Gasteiger charge is -2.08. The molecule has 1 aromatic carbocycles. The minimum atomic E-state index is -0.0795. The fourth-order valence-corrected chi connectivity index (χ4v) is 1.16. The highest BCUT2D eigenvalue weighted by Crippen LogP contribution is 2.27. The van der Waals surface area contributed by atoms with Crippen LogP contribution >= 0.6 is 0 Å². The summed E-state index contributed by atoms with van der Waals surface area (Å²) in [5, 5.41) is 11.5. The molecule has 1 aromatic rings. The van der Waals surface area contributed by atoms with Crippen LogP contribution in [0.5, 0.6) is 11.5 Å². The van der Waals surface area contributed by atoms with Crippen molar-refractivity contribution in [2.75, 3.05) is 19.8 Å². The minimum Gasteiger partial charge on any atom is -0.493 e. The molecule has 0 fully saturated rings. The van der Waals surface area contributed by atoms with Gasteiger partial charge in [-0.05, 0) is 11.6 Å². The van der Waals surface area contributed by atoms with Crippen molar-refractivity contribution in [3.63, 3.8) is 0 Å². The molecular weight excluding hydrogens is 210 g/mol. The third-order valence-electron chi connectivity index (χ3n) is 1.80. The molecule has 0 saturated heterocycles. The zero-order valence-electron chi connectivity index (χ0n) is 9.18. The molecule has 16 heavy (non-hydrogen) atoms. The topological polar surface area (TPSA) is 68.1 Å². The summed E-state index contributed by atoms with van der Waals surface area (Å²) in [6, 6.07) is 4.72. The van der Waals surface area contributed by atoms with E-state index in [-0.39, 0.29) is 18.9 Å². The average molecular weight is 225 g/mol. The summed E-state index contributed by atoms with van der Waals surface area (Å²) in [7, 11) is 0. The molecule has 1 N–H and O–H groups in total. The molecule has 0 bridgehead atoms. The van der Waals surface area contributed by atoms with E-state index in [1.807, 2.05) is 6.92 Å². The molecule has 0 heterocycles. The largest absolute Gasteiger partial charge is 0.493 e. The third-order valence-corrected chi connectivity index (χ3v) is 1.80. The van der Waals surface area contributed by atoms with Gasteiger partial charge >= 0.3 is 0 Å². The van der Waals surface area contributed by atoms with E-state index in [4.69, 9.17) is 14.6 Å². The lowest BCUT2D eigenvalue weighted by Crippen LogP contribution is -2.02. The van der Waals surface area contributed by atoms with Crippen molar-refractivity contribution in [1.82, 2.24) is 0 Å². The number of ether oxygens (including phenoxy) is 2. The van der Waals surface area contributed by atoms with Gasteiger partial charge in [0.1, 0.15) is 23.8 Å². The fourth-order valence-electron chi connectivity index (χ4n) is 1.16. The second-order valence-electron chi connectivity index (χ2n) is 3.17. The predicted molar refractivity (Wildman–Crippen MR) is 60.3 cm³/mol. The Morgan fingerprint density at radius 1 is 1.19 bits per heavy atom. The van der Waals surface area contributed by atoms with Crippen LogP contribution in [0.15, 0.2) is 23.4 Å². The van der Waals surface area contributed by atoms with Crippen LogP contribution in [0.2, 0.25) is 0 Å². The Morgan fingerprint density at radius 2 is 1.81 bits per heavy atom. The van der Waals surface area contributed by atoms with Crippen LogP contribution in [-0.2, 0) is 0 Å². The highest BCUT2D eigenvalue weighted by Gasteiger charge is 2.03. The maximum atomic E-state index is 10.4. The van der Waals surface area contributed by atoms with Crippen molar-refractivity contribution in [3.8, 4) is 11.5 Å². The lowest BCUT2D eigenvalue weighted by molar-refractivity contribution is 0.200. The number of benzene rings is 1. The number of hydrogen-bond donors (Lipinski definition) is 1. The third kappa shape index (κ3) is 3.86. The van der Waals surface area contributed by atoms with Crippen LogP contribution in [0.1, 0.15) is 13.3 Å². The lowest BCUT2D eigenvalue weighted by atomic mass is 10.3.